The van der Waals surface area contributed by atoms with E-state index in [9.17, 15) is 9.59 Å². The third-order valence-corrected chi connectivity index (χ3v) is 1.93. The standard InChI is InChI=1S/C12H14N2O3/c1-8(2)5-11(15)14-7-9-3-4-10(12(16)17)13-6-9/h3-6H,7H2,1-2H3,(H,14,15)(H,16,17). The number of aromatic carboxylic acids is 1. The largest absolute Gasteiger partial charge is 0.477 e. The van der Waals surface area contributed by atoms with Crippen molar-refractivity contribution in [3.8, 4) is 0 Å². The van der Waals surface area contributed by atoms with Crippen LogP contribution in [0.4, 0.5) is 0 Å². The number of aromatic nitrogens is 1. The minimum Gasteiger partial charge on any atom is -0.477 e. The number of hydrogen-bond acceptors (Lipinski definition) is 3. The van der Waals surface area contributed by atoms with Gasteiger partial charge in [-0.2, -0.15) is 0 Å². The molecular weight excluding hydrogens is 220 g/mol. The second-order valence-corrected chi connectivity index (χ2v) is 3.80. The summed E-state index contributed by atoms with van der Waals surface area (Å²) in [6.45, 7) is 4.00. The van der Waals surface area contributed by atoms with E-state index >= 15 is 0 Å². The third kappa shape index (κ3) is 4.46. The van der Waals surface area contributed by atoms with Crippen LogP contribution in [0.2, 0.25) is 0 Å². The number of carbonyl (C=O) groups is 2. The van der Waals surface area contributed by atoms with Crippen molar-refractivity contribution in [1.29, 1.82) is 0 Å². The van der Waals surface area contributed by atoms with Gasteiger partial charge in [-0.1, -0.05) is 11.6 Å². The van der Waals surface area contributed by atoms with Crippen molar-refractivity contribution in [2.75, 3.05) is 0 Å². The molecule has 1 amide bonds. The summed E-state index contributed by atoms with van der Waals surface area (Å²) in [6, 6.07) is 3.03. The number of nitrogens with one attached hydrogen (secondary N) is 1. The van der Waals surface area contributed by atoms with E-state index in [2.05, 4.69) is 10.3 Å². The number of nitrogens with zero attached hydrogens (tertiary/aromatic N) is 1. The molecule has 5 nitrogen and oxygen atoms in total. The van der Waals surface area contributed by atoms with Crippen LogP contribution in [0.5, 0.6) is 0 Å². The summed E-state index contributed by atoms with van der Waals surface area (Å²) in [7, 11) is 0. The van der Waals surface area contributed by atoms with Gasteiger partial charge in [0.25, 0.3) is 0 Å². The van der Waals surface area contributed by atoms with Gasteiger partial charge < -0.3 is 10.4 Å². The molecule has 0 aliphatic heterocycles. The summed E-state index contributed by atoms with van der Waals surface area (Å²) >= 11 is 0. The normalized spacial score (nSPS) is 9.53. The number of rotatable bonds is 4. The smallest absolute Gasteiger partial charge is 0.354 e. The lowest BCUT2D eigenvalue weighted by atomic mass is 10.2. The van der Waals surface area contributed by atoms with Crippen LogP contribution < -0.4 is 5.32 Å². The number of carboxylic acids is 1. The van der Waals surface area contributed by atoms with Crippen LogP contribution in [0.3, 0.4) is 0 Å². The van der Waals surface area contributed by atoms with Gasteiger partial charge in [0, 0.05) is 18.8 Å². The van der Waals surface area contributed by atoms with E-state index in [1.54, 1.807) is 6.07 Å². The molecule has 1 rings (SSSR count). The second kappa shape index (κ2) is 5.79. The average molecular weight is 234 g/mol. The highest BCUT2D eigenvalue weighted by molar-refractivity contribution is 5.88. The second-order valence-electron chi connectivity index (χ2n) is 3.80. The first-order chi connectivity index (χ1) is 7.99. The zero-order chi connectivity index (χ0) is 12.8. The molecule has 1 aromatic rings. The molecule has 0 atom stereocenters. The van der Waals surface area contributed by atoms with Gasteiger partial charge in [-0.15, -0.1) is 0 Å². The van der Waals surface area contributed by atoms with Gasteiger partial charge in [-0.3, -0.25) is 4.79 Å². The van der Waals surface area contributed by atoms with Crippen LogP contribution in [-0.2, 0) is 11.3 Å². The molecule has 1 aromatic heterocycles. The molecule has 0 spiro atoms. The van der Waals surface area contributed by atoms with Gasteiger partial charge in [0.15, 0.2) is 0 Å². The molecule has 1 heterocycles. The first-order valence-electron chi connectivity index (χ1n) is 5.10. The van der Waals surface area contributed by atoms with E-state index in [1.165, 1.54) is 18.3 Å². The van der Waals surface area contributed by atoms with Crippen molar-refractivity contribution >= 4 is 11.9 Å². The maximum atomic E-state index is 11.3. The zero-order valence-electron chi connectivity index (χ0n) is 9.73. The first kappa shape index (κ1) is 12.9. The van der Waals surface area contributed by atoms with E-state index < -0.39 is 5.97 Å². The maximum Gasteiger partial charge on any atom is 0.354 e. The molecule has 0 bridgehead atoms. The van der Waals surface area contributed by atoms with E-state index in [4.69, 9.17) is 5.11 Å². The van der Waals surface area contributed by atoms with E-state index in [-0.39, 0.29) is 11.6 Å². The number of hydrogen-bond donors (Lipinski definition) is 2. The van der Waals surface area contributed by atoms with E-state index in [0.29, 0.717) is 6.54 Å². The number of carbonyl (C=O) groups excluding carboxylic acids is 1. The number of pyridine rings is 1. The highest BCUT2D eigenvalue weighted by Crippen LogP contribution is 2.00. The SMILES string of the molecule is CC(C)=CC(=O)NCc1ccc(C(=O)O)nc1. The lowest BCUT2D eigenvalue weighted by Gasteiger charge is -2.02. The number of carboxylic acid groups (broad SMARTS) is 1. The van der Waals surface area contributed by atoms with Crippen molar-refractivity contribution in [2.45, 2.75) is 20.4 Å². The minimum atomic E-state index is -1.06. The first-order valence-corrected chi connectivity index (χ1v) is 5.10. The van der Waals surface area contributed by atoms with Gasteiger partial charge in [0.2, 0.25) is 5.91 Å². The molecule has 17 heavy (non-hydrogen) atoms. The topological polar surface area (TPSA) is 79.3 Å². The summed E-state index contributed by atoms with van der Waals surface area (Å²) in [6.07, 6.45) is 2.94. The highest BCUT2D eigenvalue weighted by Gasteiger charge is 2.03. The van der Waals surface area contributed by atoms with Crippen LogP contribution in [-0.4, -0.2) is 22.0 Å². The Bertz CT molecular complexity index is 445. The molecule has 90 valence electrons. The van der Waals surface area contributed by atoms with E-state index in [0.717, 1.165) is 11.1 Å². The Balaban J connectivity index is 2.56. The van der Waals surface area contributed by atoms with Crippen molar-refractivity contribution in [1.82, 2.24) is 10.3 Å². The van der Waals surface area contributed by atoms with Gasteiger partial charge in [0.1, 0.15) is 5.69 Å². The molecule has 2 N–H and O–H groups in total. The monoisotopic (exact) mass is 234 g/mol. The van der Waals surface area contributed by atoms with Crippen LogP contribution in [0.25, 0.3) is 0 Å². The van der Waals surface area contributed by atoms with Gasteiger partial charge in [-0.25, -0.2) is 9.78 Å². The van der Waals surface area contributed by atoms with E-state index in [1.807, 2.05) is 13.8 Å². The van der Waals surface area contributed by atoms with Crippen LogP contribution >= 0.6 is 0 Å². The lowest BCUT2D eigenvalue weighted by Crippen LogP contribution is -2.20. The highest BCUT2D eigenvalue weighted by atomic mass is 16.4. The Hall–Kier alpha value is -2.17. The van der Waals surface area contributed by atoms with Crippen molar-refractivity contribution in [3.63, 3.8) is 0 Å². The zero-order valence-corrected chi connectivity index (χ0v) is 9.73. The van der Waals surface area contributed by atoms with Crippen molar-refractivity contribution < 1.29 is 14.7 Å². The Morgan fingerprint density at radius 3 is 2.59 bits per heavy atom. The Morgan fingerprint density at radius 2 is 2.12 bits per heavy atom. The summed E-state index contributed by atoms with van der Waals surface area (Å²) in [4.78, 5) is 25.6. The predicted octanol–water partition coefficient (Wildman–Crippen LogP) is 1.36. The fraction of sp³-hybridized carbons (Fsp3) is 0.250. The maximum absolute atomic E-state index is 11.3. The molecule has 0 aromatic carbocycles. The van der Waals surface area contributed by atoms with Gasteiger partial charge in [0.05, 0.1) is 0 Å². The molecule has 0 fully saturated rings. The molecule has 0 saturated carbocycles. The van der Waals surface area contributed by atoms with Crippen LogP contribution in [0.1, 0.15) is 29.9 Å². The molecule has 0 unspecified atom stereocenters. The van der Waals surface area contributed by atoms with Crippen molar-refractivity contribution in [3.05, 3.63) is 41.2 Å². The summed E-state index contributed by atoms with van der Waals surface area (Å²) in [5.41, 5.74) is 1.66. The van der Waals surface area contributed by atoms with Crippen LogP contribution in [0.15, 0.2) is 30.0 Å². The Morgan fingerprint density at radius 1 is 1.41 bits per heavy atom. The lowest BCUT2D eigenvalue weighted by molar-refractivity contribution is -0.116. The van der Waals surface area contributed by atoms with Crippen LogP contribution in [0, 0.1) is 0 Å². The fourth-order valence-corrected chi connectivity index (χ4v) is 1.16. The molecular formula is C12H14N2O3. The third-order valence-electron chi connectivity index (χ3n) is 1.93. The average Bonchev–Trinajstić information content (AvgIpc) is 2.26. The molecule has 5 heteroatoms. The predicted molar refractivity (Wildman–Crippen MR) is 62.5 cm³/mol. The Kier molecular flexibility index (Phi) is 4.39. The van der Waals surface area contributed by atoms with Crippen molar-refractivity contribution in [2.24, 2.45) is 0 Å². The Labute approximate surface area is 99.2 Å². The number of amides is 1. The van der Waals surface area contributed by atoms with Gasteiger partial charge in [-0.05, 0) is 25.5 Å². The molecule has 0 aliphatic carbocycles. The minimum absolute atomic E-state index is 0.00984. The summed E-state index contributed by atoms with van der Waals surface area (Å²) in [5, 5.41) is 11.3. The quantitative estimate of drug-likeness (QED) is 0.771. The summed E-state index contributed by atoms with van der Waals surface area (Å²) < 4.78 is 0. The fourth-order valence-electron chi connectivity index (χ4n) is 1.16. The molecule has 0 radical (unpaired) electrons. The number of allylic oxidation sites excluding steroid dienone is 1. The summed E-state index contributed by atoms with van der Waals surface area (Å²) in [5.74, 6) is -1.24. The van der Waals surface area contributed by atoms with Gasteiger partial charge >= 0.3 is 5.97 Å². The molecule has 0 aliphatic rings. The molecule has 0 saturated heterocycles.